The molecule has 0 atom stereocenters. The molecule has 5 nitrogen and oxygen atoms in total. The van der Waals surface area contributed by atoms with Crippen LogP contribution in [0.4, 0.5) is 0 Å². The maximum atomic E-state index is 12.6. The lowest BCUT2D eigenvalue weighted by Crippen LogP contribution is -2.32. The van der Waals surface area contributed by atoms with Gasteiger partial charge in [0.25, 0.3) is 5.91 Å². The van der Waals surface area contributed by atoms with Crippen molar-refractivity contribution in [2.75, 3.05) is 7.11 Å². The van der Waals surface area contributed by atoms with Gasteiger partial charge in [0.05, 0.1) is 7.11 Å². The number of hydrogen-bond acceptors (Lipinski definition) is 4. The van der Waals surface area contributed by atoms with E-state index in [1.165, 1.54) is 0 Å². The van der Waals surface area contributed by atoms with E-state index in [0.29, 0.717) is 17.4 Å². The topological polar surface area (TPSA) is 50.8 Å². The standard InChI is InChI=1S/C21H20N2O3S/c1-25-19-10-7-14(11-15(19)13-26-17-5-3-2-4-6-17)12-18-20(24)23(16-8-9-16)21(27)22-18/h2-7,10-12,16H,8-9,13H2,1H3,(H,22,27)/b18-12+. The van der Waals surface area contributed by atoms with E-state index >= 15 is 0 Å². The third kappa shape index (κ3) is 3.80. The molecule has 1 saturated carbocycles. The SMILES string of the molecule is COc1ccc(/C=C2/NC(=S)N(C3CC3)C2=O)cc1COc1ccccc1. The van der Waals surface area contributed by atoms with Crippen LogP contribution in [0.1, 0.15) is 24.0 Å². The highest BCUT2D eigenvalue weighted by molar-refractivity contribution is 7.80. The molecule has 138 valence electrons. The number of amides is 1. The van der Waals surface area contributed by atoms with E-state index in [0.717, 1.165) is 35.5 Å². The van der Waals surface area contributed by atoms with Gasteiger partial charge < -0.3 is 14.8 Å². The first-order valence-corrected chi connectivity index (χ1v) is 9.27. The number of carbonyl (C=O) groups is 1. The highest BCUT2D eigenvalue weighted by atomic mass is 32.1. The van der Waals surface area contributed by atoms with Gasteiger partial charge in [-0.1, -0.05) is 24.3 Å². The molecule has 2 fully saturated rings. The third-order valence-electron chi connectivity index (χ3n) is 4.57. The van der Waals surface area contributed by atoms with Crippen molar-refractivity contribution < 1.29 is 14.3 Å². The highest BCUT2D eigenvalue weighted by Crippen LogP contribution is 2.31. The average Bonchev–Trinajstić information content (AvgIpc) is 3.47. The first-order valence-electron chi connectivity index (χ1n) is 8.86. The van der Waals surface area contributed by atoms with Gasteiger partial charge in [-0.05, 0) is 61.0 Å². The zero-order chi connectivity index (χ0) is 18.8. The second-order valence-corrected chi connectivity index (χ2v) is 6.95. The summed E-state index contributed by atoms with van der Waals surface area (Å²) in [6.45, 7) is 0.373. The lowest BCUT2D eigenvalue weighted by molar-refractivity contribution is -0.122. The van der Waals surface area contributed by atoms with E-state index < -0.39 is 0 Å². The molecule has 1 heterocycles. The summed E-state index contributed by atoms with van der Waals surface area (Å²) in [6, 6.07) is 15.6. The molecule has 27 heavy (non-hydrogen) atoms. The number of methoxy groups -OCH3 is 1. The summed E-state index contributed by atoms with van der Waals surface area (Å²) in [5, 5.41) is 3.53. The molecule has 1 aliphatic carbocycles. The zero-order valence-electron chi connectivity index (χ0n) is 15.0. The van der Waals surface area contributed by atoms with E-state index in [-0.39, 0.29) is 11.9 Å². The maximum absolute atomic E-state index is 12.6. The van der Waals surface area contributed by atoms with Gasteiger partial charge in [0.1, 0.15) is 23.8 Å². The Hall–Kier alpha value is -2.86. The fraction of sp³-hybridized carbons (Fsp3) is 0.238. The van der Waals surface area contributed by atoms with Crippen molar-refractivity contribution in [1.82, 2.24) is 10.2 Å². The molecule has 0 unspecified atom stereocenters. The Morgan fingerprint density at radius 3 is 2.70 bits per heavy atom. The predicted octanol–water partition coefficient (Wildman–Crippen LogP) is 3.49. The molecule has 2 aromatic carbocycles. The van der Waals surface area contributed by atoms with Crippen LogP contribution in [0.3, 0.4) is 0 Å². The Morgan fingerprint density at radius 1 is 1.22 bits per heavy atom. The number of rotatable bonds is 6. The number of para-hydroxylation sites is 1. The highest BCUT2D eigenvalue weighted by Gasteiger charge is 2.41. The number of nitrogens with zero attached hydrogens (tertiary/aromatic N) is 1. The minimum Gasteiger partial charge on any atom is -0.496 e. The predicted molar refractivity (Wildman–Crippen MR) is 107 cm³/mol. The van der Waals surface area contributed by atoms with Gasteiger partial charge in [0.2, 0.25) is 0 Å². The van der Waals surface area contributed by atoms with Crippen LogP contribution < -0.4 is 14.8 Å². The molecule has 1 amide bonds. The molecule has 0 bridgehead atoms. The van der Waals surface area contributed by atoms with Crippen molar-refractivity contribution in [3.63, 3.8) is 0 Å². The Bertz CT molecular complexity index is 907. The van der Waals surface area contributed by atoms with E-state index in [1.807, 2.05) is 54.6 Å². The first kappa shape index (κ1) is 17.5. The van der Waals surface area contributed by atoms with Crippen LogP contribution in [0.15, 0.2) is 54.2 Å². The first-order chi connectivity index (χ1) is 13.2. The average molecular weight is 380 g/mol. The van der Waals surface area contributed by atoms with Crippen LogP contribution >= 0.6 is 12.2 Å². The van der Waals surface area contributed by atoms with Gasteiger partial charge in [-0.2, -0.15) is 0 Å². The van der Waals surface area contributed by atoms with Crippen molar-refractivity contribution in [3.8, 4) is 11.5 Å². The summed E-state index contributed by atoms with van der Waals surface area (Å²) in [6.07, 6.45) is 3.86. The Balaban J connectivity index is 1.55. The van der Waals surface area contributed by atoms with Crippen molar-refractivity contribution in [2.24, 2.45) is 0 Å². The van der Waals surface area contributed by atoms with Crippen molar-refractivity contribution in [2.45, 2.75) is 25.5 Å². The molecule has 4 rings (SSSR count). The van der Waals surface area contributed by atoms with E-state index in [4.69, 9.17) is 21.7 Å². The lowest BCUT2D eigenvalue weighted by Gasteiger charge is -2.12. The molecule has 0 radical (unpaired) electrons. The van der Waals surface area contributed by atoms with Crippen LogP contribution in [0.5, 0.6) is 11.5 Å². The van der Waals surface area contributed by atoms with E-state index in [9.17, 15) is 4.79 Å². The van der Waals surface area contributed by atoms with Crippen molar-refractivity contribution >= 4 is 29.3 Å². The molecule has 1 N–H and O–H groups in total. The second-order valence-electron chi connectivity index (χ2n) is 6.57. The Morgan fingerprint density at radius 2 is 2.00 bits per heavy atom. The van der Waals surface area contributed by atoms with Gasteiger partial charge in [0, 0.05) is 11.6 Å². The number of benzene rings is 2. The quantitative estimate of drug-likeness (QED) is 0.614. The number of nitrogens with one attached hydrogen (secondary N) is 1. The van der Waals surface area contributed by atoms with Crippen LogP contribution in [-0.2, 0) is 11.4 Å². The number of carbonyl (C=O) groups excluding carboxylic acids is 1. The fourth-order valence-corrected chi connectivity index (χ4v) is 3.40. The second kappa shape index (κ2) is 7.40. The van der Waals surface area contributed by atoms with Crippen LogP contribution in [0.25, 0.3) is 6.08 Å². The summed E-state index contributed by atoms with van der Waals surface area (Å²) in [4.78, 5) is 14.3. The minimum atomic E-state index is -0.0552. The lowest BCUT2D eigenvalue weighted by atomic mass is 10.1. The molecule has 1 aliphatic heterocycles. The van der Waals surface area contributed by atoms with Gasteiger partial charge in [-0.15, -0.1) is 0 Å². The van der Waals surface area contributed by atoms with Gasteiger partial charge in [-0.3, -0.25) is 9.69 Å². The Labute approximate surface area is 163 Å². The summed E-state index contributed by atoms with van der Waals surface area (Å²) < 4.78 is 11.3. The molecule has 1 saturated heterocycles. The Kier molecular flexibility index (Phi) is 4.81. The number of hydrogen-bond donors (Lipinski definition) is 1. The fourth-order valence-electron chi connectivity index (χ4n) is 3.06. The van der Waals surface area contributed by atoms with Crippen LogP contribution in [-0.4, -0.2) is 29.1 Å². The monoisotopic (exact) mass is 380 g/mol. The minimum absolute atomic E-state index is 0.0552. The summed E-state index contributed by atoms with van der Waals surface area (Å²) in [5.74, 6) is 1.48. The molecular weight excluding hydrogens is 360 g/mol. The molecule has 2 aliphatic rings. The van der Waals surface area contributed by atoms with Crippen molar-refractivity contribution in [1.29, 1.82) is 0 Å². The van der Waals surface area contributed by atoms with Gasteiger partial charge in [-0.25, -0.2) is 0 Å². The van der Waals surface area contributed by atoms with Gasteiger partial charge in [0.15, 0.2) is 5.11 Å². The summed E-state index contributed by atoms with van der Waals surface area (Å²) in [5.41, 5.74) is 2.30. The molecular formula is C21H20N2O3S. The number of ether oxygens (including phenoxy) is 2. The largest absolute Gasteiger partial charge is 0.496 e. The normalized spacial score (nSPS) is 18.0. The van der Waals surface area contributed by atoms with Gasteiger partial charge >= 0.3 is 0 Å². The summed E-state index contributed by atoms with van der Waals surface area (Å²) in [7, 11) is 1.63. The number of thiocarbonyl (C=S) groups is 1. The molecule has 2 aromatic rings. The maximum Gasteiger partial charge on any atom is 0.276 e. The molecule has 0 aromatic heterocycles. The van der Waals surface area contributed by atoms with Crippen LogP contribution in [0.2, 0.25) is 0 Å². The third-order valence-corrected chi connectivity index (χ3v) is 4.87. The molecule has 0 spiro atoms. The summed E-state index contributed by atoms with van der Waals surface area (Å²) >= 11 is 5.30. The van der Waals surface area contributed by atoms with E-state index in [1.54, 1.807) is 12.0 Å². The van der Waals surface area contributed by atoms with Crippen LogP contribution in [0, 0.1) is 0 Å². The van der Waals surface area contributed by atoms with Crippen molar-refractivity contribution in [3.05, 3.63) is 65.4 Å². The van der Waals surface area contributed by atoms with E-state index in [2.05, 4.69) is 5.32 Å². The smallest absolute Gasteiger partial charge is 0.276 e. The molecule has 6 heteroatoms. The zero-order valence-corrected chi connectivity index (χ0v) is 15.8.